The van der Waals surface area contributed by atoms with E-state index in [-0.39, 0.29) is 22.4 Å². The largest absolute Gasteiger partial charge is 0.330 e. The second kappa shape index (κ2) is 7.70. The summed E-state index contributed by atoms with van der Waals surface area (Å²) in [4.78, 5) is 25.9. The van der Waals surface area contributed by atoms with Crippen LogP contribution in [-0.4, -0.2) is 37.7 Å². The molecule has 2 rings (SSSR count). The molecular formula is C16H20ClFN2O4S. The number of nitrogens with one attached hydrogen (secondary N) is 1. The summed E-state index contributed by atoms with van der Waals surface area (Å²) in [6.45, 7) is 3.88. The van der Waals surface area contributed by atoms with Crippen molar-refractivity contribution in [3.8, 4) is 0 Å². The Kier molecular flexibility index (Phi) is 6.05. The maximum atomic E-state index is 13.4. The Balaban J connectivity index is 2.07. The Bertz CT molecular complexity index is 782. The number of rotatable bonds is 5. The second-order valence-electron chi connectivity index (χ2n) is 6.32. The number of likely N-dealkylation sites (tertiary alicyclic amines) is 1. The van der Waals surface area contributed by atoms with Crippen molar-refractivity contribution < 1.29 is 22.4 Å². The van der Waals surface area contributed by atoms with Gasteiger partial charge in [-0.25, -0.2) is 12.8 Å². The van der Waals surface area contributed by atoms with Gasteiger partial charge in [0.05, 0.1) is 10.8 Å². The van der Waals surface area contributed by atoms with Gasteiger partial charge in [0, 0.05) is 12.5 Å². The summed E-state index contributed by atoms with van der Waals surface area (Å²) in [6, 6.07) is 2.84. The van der Waals surface area contributed by atoms with Crippen molar-refractivity contribution in [3.05, 3.63) is 34.6 Å². The van der Waals surface area contributed by atoms with E-state index in [1.54, 1.807) is 13.8 Å². The van der Waals surface area contributed by atoms with Gasteiger partial charge in [-0.2, -0.15) is 0 Å². The number of benzene rings is 1. The molecule has 1 saturated heterocycles. The fourth-order valence-corrected chi connectivity index (χ4v) is 3.99. The van der Waals surface area contributed by atoms with Gasteiger partial charge >= 0.3 is 0 Å². The lowest BCUT2D eigenvalue weighted by Crippen LogP contribution is -2.48. The maximum absolute atomic E-state index is 13.4. The Morgan fingerprint density at radius 2 is 2.08 bits per heavy atom. The summed E-state index contributed by atoms with van der Waals surface area (Å²) in [6.07, 6.45) is 1.05. The first-order valence-electron chi connectivity index (χ1n) is 7.89. The number of nitrogens with zero attached hydrogens (tertiary/aromatic N) is 1. The SMILES string of the molecule is CC(C)C(=O)N1CCC[C@@H]1C(=O)NS(=O)(=O)Cc1ccc(Cl)c(F)c1. The first kappa shape index (κ1) is 19.7. The van der Waals surface area contributed by atoms with Crippen LogP contribution < -0.4 is 4.72 Å². The van der Waals surface area contributed by atoms with Crippen molar-refractivity contribution in [3.63, 3.8) is 0 Å². The Morgan fingerprint density at radius 1 is 1.40 bits per heavy atom. The van der Waals surface area contributed by atoms with Crippen molar-refractivity contribution in [2.24, 2.45) is 5.92 Å². The van der Waals surface area contributed by atoms with E-state index in [0.29, 0.717) is 19.4 Å². The summed E-state index contributed by atoms with van der Waals surface area (Å²) in [5.74, 6) is -2.49. The molecule has 0 aliphatic carbocycles. The molecule has 1 fully saturated rings. The molecule has 1 heterocycles. The average Bonchev–Trinajstić information content (AvgIpc) is 2.98. The third-order valence-electron chi connectivity index (χ3n) is 3.93. The zero-order chi connectivity index (χ0) is 18.8. The number of halogens is 2. The zero-order valence-corrected chi connectivity index (χ0v) is 15.5. The average molecular weight is 391 g/mol. The van der Waals surface area contributed by atoms with E-state index in [1.165, 1.54) is 17.0 Å². The molecule has 0 radical (unpaired) electrons. The van der Waals surface area contributed by atoms with Gasteiger partial charge in [0.1, 0.15) is 11.9 Å². The highest BCUT2D eigenvalue weighted by Crippen LogP contribution is 2.21. The van der Waals surface area contributed by atoms with E-state index >= 15 is 0 Å². The molecule has 0 bridgehead atoms. The summed E-state index contributed by atoms with van der Waals surface area (Å²) < 4.78 is 39.8. The fraction of sp³-hybridized carbons (Fsp3) is 0.500. The molecule has 1 aliphatic heterocycles. The normalized spacial score (nSPS) is 17.8. The van der Waals surface area contributed by atoms with Crippen LogP contribution in [0.4, 0.5) is 4.39 Å². The summed E-state index contributed by atoms with van der Waals surface area (Å²) >= 11 is 5.56. The third kappa shape index (κ3) is 4.92. The highest BCUT2D eigenvalue weighted by atomic mass is 35.5. The second-order valence-corrected chi connectivity index (χ2v) is 8.45. The molecule has 1 aromatic rings. The number of amides is 2. The van der Waals surface area contributed by atoms with E-state index in [2.05, 4.69) is 0 Å². The lowest BCUT2D eigenvalue weighted by atomic mass is 10.1. The highest BCUT2D eigenvalue weighted by Gasteiger charge is 2.36. The van der Waals surface area contributed by atoms with Crippen molar-refractivity contribution >= 4 is 33.4 Å². The summed E-state index contributed by atoms with van der Waals surface area (Å²) in [5, 5.41) is -0.112. The molecule has 25 heavy (non-hydrogen) atoms. The van der Waals surface area contributed by atoms with E-state index in [1.807, 2.05) is 4.72 Å². The zero-order valence-electron chi connectivity index (χ0n) is 14.0. The monoisotopic (exact) mass is 390 g/mol. The van der Waals surface area contributed by atoms with Crippen molar-refractivity contribution in [2.45, 2.75) is 38.5 Å². The van der Waals surface area contributed by atoms with Gasteiger partial charge < -0.3 is 4.90 Å². The number of sulfonamides is 1. The van der Waals surface area contributed by atoms with Crippen LogP contribution in [0.25, 0.3) is 0 Å². The smallest absolute Gasteiger partial charge is 0.256 e. The number of hydrogen-bond acceptors (Lipinski definition) is 4. The van der Waals surface area contributed by atoms with Gasteiger partial charge in [0.2, 0.25) is 15.9 Å². The van der Waals surface area contributed by atoms with E-state index in [0.717, 1.165) is 6.07 Å². The molecule has 0 spiro atoms. The Morgan fingerprint density at radius 3 is 2.68 bits per heavy atom. The molecular weight excluding hydrogens is 371 g/mol. The lowest BCUT2D eigenvalue weighted by molar-refractivity contribution is -0.140. The predicted molar refractivity (Wildman–Crippen MR) is 91.7 cm³/mol. The minimum absolute atomic E-state index is 0.112. The molecule has 138 valence electrons. The molecule has 0 saturated carbocycles. The van der Waals surface area contributed by atoms with Crippen LogP contribution >= 0.6 is 11.6 Å². The number of carbonyl (C=O) groups excluding carboxylic acids is 2. The first-order chi connectivity index (χ1) is 11.6. The Labute approximate surface area is 151 Å². The van der Waals surface area contributed by atoms with Crippen LogP contribution in [-0.2, 0) is 25.4 Å². The van der Waals surface area contributed by atoms with Gasteiger partial charge in [0.25, 0.3) is 5.91 Å². The van der Waals surface area contributed by atoms with Gasteiger partial charge in [0.15, 0.2) is 0 Å². The van der Waals surface area contributed by atoms with Crippen molar-refractivity contribution in [1.29, 1.82) is 0 Å². The van der Waals surface area contributed by atoms with E-state index < -0.39 is 33.5 Å². The van der Waals surface area contributed by atoms with Gasteiger partial charge in [-0.05, 0) is 30.5 Å². The first-order valence-corrected chi connectivity index (χ1v) is 9.92. The molecule has 0 aromatic heterocycles. The predicted octanol–water partition coefficient (Wildman–Crippen LogP) is 2.07. The standard InChI is InChI=1S/C16H20ClFN2O4S/c1-10(2)16(22)20-7-3-4-14(20)15(21)19-25(23,24)9-11-5-6-12(17)13(18)8-11/h5-6,8,10,14H,3-4,7,9H2,1-2H3,(H,19,21)/t14-/m1/s1. The molecule has 9 heteroatoms. The van der Waals surface area contributed by atoms with E-state index in [9.17, 15) is 22.4 Å². The van der Waals surface area contributed by atoms with Gasteiger partial charge in [-0.1, -0.05) is 31.5 Å². The number of hydrogen-bond donors (Lipinski definition) is 1. The molecule has 1 atom stereocenters. The molecule has 6 nitrogen and oxygen atoms in total. The van der Waals surface area contributed by atoms with Crippen molar-refractivity contribution in [2.75, 3.05) is 6.54 Å². The molecule has 1 N–H and O–H groups in total. The molecule has 1 aliphatic rings. The minimum atomic E-state index is -4.02. The van der Waals surface area contributed by atoms with Crippen molar-refractivity contribution in [1.82, 2.24) is 9.62 Å². The van der Waals surface area contributed by atoms with Crippen LogP contribution in [0.15, 0.2) is 18.2 Å². The third-order valence-corrected chi connectivity index (χ3v) is 5.46. The minimum Gasteiger partial charge on any atom is -0.330 e. The van der Waals surface area contributed by atoms with Gasteiger partial charge in [-0.15, -0.1) is 0 Å². The molecule has 2 amide bonds. The number of carbonyl (C=O) groups is 2. The fourth-order valence-electron chi connectivity index (χ4n) is 2.74. The molecule has 1 aromatic carbocycles. The topological polar surface area (TPSA) is 83.6 Å². The lowest BCUT2D eigenvalue weighted by Gasteiger charge is -2.25. The van der Waals surface area contributed by atoms with Crippen LogP contribution in [0.5, 0.6) is 0 Å². The van der Waals surface area contributed by atoms with Gasteiger partial charge in [-0.3, -0.25) is 14.3 Å². The van der Waals surface area contributed by atoms with E-state index in [4.69, 9.17) is 11.6 Å². The molecule has 0 unspecified atom stereocenters. The van der Waals surface area contributed by atoms with Crippen LogP contribution in [0, 0.1) is 11.7 Å². The maximum Gasteiger partial charge on any atom is 0.256 e. The quantitative estimate of drug-likeness (QED) is 0.834. The highest BCUT2D eigenvalue weighted by molar-refractivity contribution is 7.89. The summed E-state index contributed by atoms with van der Waals surface area (Å²) in [5.41, 5.74) is 0.170. The summed E-state index contributed by atoms with van der Waals surface area (Å²) in [7, 11) is -4.02. The van der Waals surface area contributed by atoms with Crippen LogP contribution in [0.2, 0.25) is 5.02 Å². The van der Waals surface area contributed by atoms with Crippen LogP contribution in [0.1, 0.15) is 32.3 Å². The van der Waals surface area contributed by atoms with Crippen LogP contribution in [0.3, 0.4) is 0 Å². The Hall–Kier alpha value is -1.67.